The molecule has 1 aromatic heterocycles. The van der Waals surface area contributed by atoms with Crippen LogP contribution < -0.4 is 9.47 Å². The molecule has 0 aliphatic rings. The van der Waals surface area contributed by atoms with Gasteiger partial charge in [0.1, 0.15) is 5.75 Å². The fraction of sp³-hybridized carbons (Fsp3) is 0.0625. The maximum absolute atomic E-state index is 12.0. The van der Waals surface area contributed by atoms with Crippen molar-refractivity contribution in [2.45, 2.75) is 0 Å². The smallest absolute Gasteiger partial charge is 0.231 e. The maximum Gasteiger partial charge on any atom is 0.231 e. The van der Waals surface area contributed by atoms with Crippen molar-refractivity contribution in [3.05, 3.63) is 66.0 Å². The summed E-state index contributed by atoms with van der Waals surface area (Å²) < 4.78 is 6.14. The average Bonchev–Trinajstić information content (AvgIpc) is 2.47. The Labute approximate surface area is 111 Å². The lowest BCUT2D eigenvalue weighted by atomic mass is 10.0. The Morgan fingerprint density at radius 1 is 1.00 bits per heavy atom. The molecule has 0 spiro atoms. The summed E-state index contributed by atoms with van der Waals surface area (Å²) in [5.41, 5.74) is 2.56. The second kappa shape index (κ2) is 4.61. The molecule has 0 saturated heterocycles. The van der Waals surface area contributed by atoms with Crippen LogP contribution in [0.4, 0.5) is 0 Å². The summed E-state index contributed by atoms with van der Waals surface area (Å²) in [4.78, 5) is 0. The minimum absolute atomic E-state index is 0.679. The van der Waals surface area contributed by atoms with Crippen LogP contribution in [-0.4, -0.2) is 7.11 Å². The zero-order valence-corrected chi connectivity index (χ0v) is 10.5. The van der Waals surface area contributed by atoms with Crippen LogP contribution in [0.15, 0.2) is 60.8 Å². The molecular weight excluding hydrogens is 238 g/mol. The van der Waals surface area contributed by atoms with Crippen LogP contribution in [0, 0.1) is 5.21 Å². The number of hydrogen-bond acceptors (Lipinski definition) is 2. The summed E-state index contributed by atoms with van der Waals surface area (Å²) >= 11 is 0. The number of nitrogens with zero attached hydrogens (tertiary/aromatic N) is 1. The molecule has 0 atom stereocenters. The number of hydrogen-bond donors (Lipinski definition) is 0. The monoisotopic (exact) mass is 251 g/mol. The van der Waals surface area contributed by atoms with Gasteiger partial charge in [0.2, 0.25) is 5.52 Å². The van der Waals surface area contributed by atoms with E-state index in [0.29, 0.717) is 5.52 Å². The minimum Gasteiger partial charge on any atom is -0.618 e. The molecule has 19 heavy (non-hydrogen) atoms. The molecule has 0 aliphatic carbocycles. The van der Waals surface area contributed by atoms with E-state index in [1.807, 2.05) is 48.5 Å². The van der Waals surface area contributed by atoms with Crippen LogP contribution in [0.2, 0.25) is 0 Å². The van der Waals surface area contributed by atoms with Gasteiger partial charge in [0.05, 0.1) is 12.7 Å². The molecule has 1 heterocycles. The SMILES string of the molecule is COc1cccc(-c2cccc3ccc[n+]([O-])c23)c1. The van der Waals surface area contributed by atoms with E-state index in [4.69, 9.17) is 4.74 Å². The van der Waals surface area contributed by atoms with Gasteiger partial charge >= 0.3 is 0 Å². The first-order valence-electron chi connectivity index (χ1n) is 6.05. The van der Waals surface area contributed by atoms with Crippen molar-refractivity contribution in [3.63, 3.8) is 0 Å². The number of ether oxygens (including phenoxy) is 1. The van der Waals surface area contributed by atoms with Gasteiger partial charge in [-0.25, -0.2) is 0 Å². The fourth-order valence-electron chi connectivity index (χ4n) is 2.26. The number of methoxy groups -OCH3 is 1. The van der Waals surface area contributed by atoms with Gasteiger partial charge in [-0.3, -0.25) is 0 Å². The third-order valence-corrected chi connectivity index (χ3v) is 3.17. The second-order valence-corrected chi connectivity index (χ2v) is 4.31. The lowest BCUT2D eigenvalue weighted by Crippen LogP contribution is -2.26. The zero-order valence-electron chi connectivity index (χ0n) is 10.5. The molecule has 2 aromatic carbocycles. The van der Waals surface area contributed by atoms with Gasteiger partial charge in [-0.05, 0) is 35.9 Å². The van der Waals surface area contributed by atoms with Crippen molar-refractivity contribution >= 4 is 10.9 Å². The van der Waals surface area contributed by atoms with E-state index in [2.05, 4.69) is 0 Å². The molecule has 3 nitrogen and oxygen atoms in total. The summed E-state index contributed by atoms with van der Waals surface area (Å²) in [6, 6.07) is 17.3. The summed E-state index contributed by atoms with van der Waals surface area (Å²) in [6.07, 6.45) is 1.52. The van der Waals surface area contributed by atoms with Gasteiger partial charge < -0.3 is 9.94 Å². The summed E-state index contributed by atoms with van der Waals surface area (Å²) in [5, 5.41) is 12.9. The molecular formula is C16H13NO2. The van der Waals surface area contributed by atoms with E-state index >= 15 is 0 Å². The molecule has 0 saturated carbocycles. The maximum atomic E-state index is 12.0. The van der Waals surface area contributed by atoms with Gasteiger partial charge in [0.15, 0.2) is 6.20 Å². The van der Waals surface area contributed by atoms with E-state index in [-0.39, 0.29) is 0 Å². The predicted octanol–water partition coefficient (Wildman–Crippen LogP) is 3.15. The highest BCUT2D eigenvalue weighted by Crippen LogP contribution is 2.28. The highest BCUT2D eigenvalue weighted by atomic mass is 16.5. The van der Waals surface area contributed by atoms with Crippen LogP contribution in [0.25, 0.3) is 22.0 Å². The highest BCUT2D eigenvalue weighted by molar-refractivity contribution is 5.91. The second-order valence-electron chi connectivity index (χ2n) is 4.31. The van der Waals surface area contributed by atoms with E-state index in [1.165, 1.54) is 6.20 Å². The molecule has 3 heteroatoms. The third-order valence-electron chi connectivity index (χ3n) is 3.17. The molecule has 0 bridgehead atoms. The predicted molar refractivity (Wildman–Crippen MR) is 74.9 cm³/mol. The Balaban J connectivity index is 2.30. The van der Waals surface area contributed by atoms with Crippen molar-refractivity contribution in [2.24, 2.45) is 0 Å². The first-order valence-corrected chi connectivity index (χ1v) is 6.05. The van der Waals surface area contributed by atoms with Gasteiger partial charge in [0.25, 0.3) is 0 Å². The molecule has 3 aromatic rings. The van der Waals surface area contributed by atoms with Crippen molar-refractivity contribution in [1.29, 1.82) is 0 Å². The number of para-hydroxylation sites is 1. The van der Waals surface area contributed by atoms with E-state index in [0.717, 1.165) is 27.0 Å². The fourth-order valence-corrected chi connectivity index (χ4v) is 2.26. The lowest BCUT2D eigenvalue weighted by Gasteiger charge is -2.08. The molecule has 0 N–H and O–H groups in total. The number of benzene rings is 2. The quantitative estimate of drug-likeness (QED) is 0.518. The summed E-state index contributed by atoms with van der Waals surface area (Å²) in [6.45, 7) is 0. The van der Waals surface area contributed by atoms with E-state index < -0.39 is 0 Å². The molecule has 3 rings (SSSR count). The Morgan fingerprint density at radius 2 is 1.79 bits per heavy atom. The summed E-state index contributed by atoms with van der Waals surface area (Å²) in [5.74, 6) is 0.780. The highest BCUT2D eigenvalue weighted by Gasteiger charge is 2.11. The number of fused-ring (bicyclic) bond motifs is 1. The van der Waals surface area contributed by atoms with E-state index in [1.54, 1.807) is 13.2 Å². The summed E-state index contributed by atoms with van der Waals surface area (Å²) in [7, 11) is 1.63. The molecule has 0 fully saturated rings. The van der Waals surface area contributed by atoms with Crippen LogP contribution in [0.1, 0.15) is 0 Å². The Bertz CT molecular complexity index is 732. The molecule has 0 radical (unpaired) electrons. The van der Waals surface area contributed by atoms with Gasteiger partial charge in [-0.1, -0.05) is 18.2 Å². The topological polar surface area (TPSA) is 36.2 Å². The Hall–Kier alpha value is -2.55. The number of aromatic nitrogens is 1. The van der Waals surface area contributed by atoms with Crippen molar-refractivity contribution < 1.29 is 9.47 Å². The zero-order chi connectivity index (χ0) is 13.2. The standard InChI is InChI=1S/C16H13NO2/c1-19-14-8-2-6-13(11-14)15-9-3-5-12-7-4-10-17(18)16(12)15/h2-11H,1H3. The first kappa shape index (κ1) is 11.5. The van der Waals surface area contributed by atoms with Crippen LogP contribution in [0.5, 0.6) is 5.75 Å². The van der Waals surface area contributed by atoms with Gasteiger partial charge in [0, 0.05) is 11.5 Å². The normalized spacial score (nSPS) is 10.6. The van der Waals surface area contributed by atoms with Crippen LogP contribution in [0.3, 0.4) is 0 Å². The largest absolute Gasteiger partial charge is 0.618 e. The minimum atomic E-state index is 0.679. The average molecular weight is 251 g/mol. The molecule has 0 aliphatic heterocycles. The van der Waals surface area contributed by atoms with Crippen LogP contribution in [-0.2, 0) is 0 Å². The first-order chi connectivity index (χ1) is 9.29. The molecule has 0 amide bonds. The third kappa shape index (κ3) is 1.99. The lowest BCUT2D eigenvalue weighted by molar-refractivity contribution is -0.576. The van der Waals surface area contributed by atoms with Gasteiger partial charge in [-0.2, -0.15) is 4.73 Å². The van der Waals surface area contributed by atoms with Gasteiger partial charge in [-0.15, -0.1) is 0 Å². The molecule has 0 unspecified atom stereocenters. The van der Waals surface area contributed by atoms with Crippen molar-refractivity contribution in [2.75, 3.05) is 7.11 Å². The van der Waals surface area contributed by atoms with Crippen molar-refractivity contribution in [1.82, 2.24) is 0 Å². The Morgan fingerprint density at radius 3 is 2.63 bits per heavy atom. The number of pyridine rings is 1. The molecule has 94 valence electrons. The van der Waals surface area contributed by atoms with Crippen LogP contribution >= 0.6 is 0 Å². The Kier molecular flexibility index (Phi) is 2.80. The number of rotatable bonds is 2. The van der Waals surface area contributed by atoms with E-state index in [9.17, 15) is 5.21 Å². The van der Waals surface area contributed by atoms with Crippen molar-refractivity contribution in [3.8, 4) is 16.9 Å².